The summed E-state index contributed by atoms with van der Waals surface area (Å²) < 4.78 is 5.36. The molecule has 0 aromatic heterocycles. The molecule has 76 valence electrons. The van der Waals surface area contributed by atoms with Crippen molar-refractivity contribution < 1.29 is 4.74 Å². The first-order chi connectivity index (χ1) is 6.12. The van der Waals surface area contributed by atoms with E-state index in [0.717, 1.165) is 26.1 Å². The van der Waals surface area contributed by atoms with Crippen molar-refractivity contribution in [1.29, 1.82) is 5.26 Å². The molecule has 0 aliphatic heterocycles. The standard InChI is InChI=1S/C10H20N2O/c1-4-12-6-8-13-7-5-10(2,3)9-11/h12H,4-8H2,1-3H3. The summed E-state index contributed by atoms with van der Waals surface area (Å²) in [6.45, 7) is 9.21. The number of rotatable bonds is 7. The van der Waals surface area contributed by atoms with Crippen LogP contribution in [0.2, 0.25) is 0 Å². The van der Waals surface area contributed by atoms with Crippen molar-refractivity contribution in [2.24, 2.45) is 5.41 Å². The molecule has 0 spiro atoms. The van der Waals surface area contributed by atoms with Crippen LogP contribution in [-0.4, -0.2) is 26.3 Å². The molecule has 13 heavy (non-hydrogen) atoms. The third-order valence-electron chi connectivity index (χ3n) is 1.85. The van der Waals surface area contributed by atoms with Crippen LogP contribution in [0.15, 0.2) is 0 Å². The minimum absolute atomic E-state index is 0.252. The molecule has 0 heterocycles. The van der Waals surface area contributed by atoms with Gasteiger partial charge in [-0.05, 0) is 26.8 Å². The van der Waals surface area contributed by atoms with Crippen molar-refractivity contribution in [2.75, 3.05) is 26.3 Å². The zero-order valence-corrected chi connectivity index (χ0v) is 8.89. The van der Waals surface area contributed by atoms with Crippen LogP contribution in [0, 0.1) is 16.7 Å². The van der Waals surface area contributed by atoms with Crippen LogP contribution >= 0.6 is 0 Å². The Balaban J connectivity index is 3.22. The molecule has 0 saturated carbocycles. The van der Waals surface area contributed by atoms with Gasteiger partial charge >= 0.3 is 0 Å². The number of likely N-dealkylation sites (N-methyl/N-ethyl adjacent to an activating group) is 1. The van der Waals surface area contributed by atoms with Crippen LogP contribution in [0.25, 0.3) is 0 Å². The Morgan fingerprint density at radius 2 is 2.08 bits per heavy atom. The topological polar surface area (TPSA) is 45.0 Å². The van der Waals surface area contributed by atoms with Crippen molar-refractivity contribution in [1.82, 2.24) is 5.32 Å². The second-order valence-electron chi connectivity index (χ2n) is 3.71. The second kappa shape index (κ2) is 6.88. The number of nitrogens with zero attached hydrogens (tertiary/aromatic N) is 1. The summed E-state index contributed by atoms with van der Waals surface area (Å²) in [5, 5.41) is 11.9. The average molecular weight is 184 g/mol. The van der Waals surface area contributed by atoms with E-state index in [9.17, 15) is 0 Å². The smallest absolute Gasteiger partial charge is 0.0684 e. The molecule has 0 aromatic carbocycles. The first-order valence-electron chi connectivity index (χ1n) is 4.82. The highest BCUT2D eigenvalue weighted by molar-refractivity contribution is 4.91. The highest BCUT2D eigenvalue weighted by Crippen LogP contribution is 2.17. The lowest BCUT2D eigenvalue weighted by atomic mass is 9.92. The van der Waals surface area contributed by atoms with Crippen molar-refractivity contribution in [2.45, 2.75) is 27.2 Å². The van der Waals surface area contributed by atoms with E-state index in [1.807, 2.05) is 13.8 Å². The fraction of sp³-hybridized carbons (Fsp3) is 0.900. The van der Waals surface area contributed by atoms with E-state index in [1.165, 1.54) is 0 Å². The molecule has 0 unspecified atom stereocenters. The summed E-state index contributed by atoms with van der Waals surface area (Å²) in [6, 6.07) is 2.25. The Morgan fingerprint density at radius 1 is 1.38 bits per heavy atom. The third-order valence-corrected chi connectivity index (χ3v) is 1.85. The molecule has 0 aliphatic rings. The Kier molecular flexibility index (Phi) is 6.56. The summed E-state index contributed by atoms with van der Waals surface area (Å²) in [4.78, 5) is 0. The predicted molar refractivity (Wildman–Crippen MR) is 53.4 cm³/mol. The van der Waals surface area contributed by atoms with Crippen molar-refractivity contribution >= 4 is 0 Å². The molecule has 0 rings (SSSR count). The van der Waals surface area contributed by atoms with Crippen molar-refractivity contribution in [3.63, 3.8) is 0 Å². The second-order valence-corrected chi connectivity index (χ2v) is 3.71. The van der Waals surface area contributed by atoms with E-state index in [1.54, 1.807) is 0 Å². The molecule has 0 aliphatic carbocycles. The molecule has 0 amide bonds. The molecule has 0 radical (unpaired) electrons. The predicted octanol–water partition coefficient (Wildman–Crippen LogP) is 1.55. The fourth-order valence-electron chi connectivity index (χ4n) is 0.806. The molecular weight excluding hydrogens is 164 g/mol. The van der Waals surface area contributed by atoms with Crippen LogP contribution in [0.4, 0.5) is 0 Å². The molecule has 0 bridgehead atoms. The molecule has 0 aromatic rings. The number of nitriles is 1. The minimum atomic E-state index is -0.252. The minimum Gasteiger partial charge on any atom is -0.380 e. The van der Waals surface area contributed by atoms with E-state index in [4.69, 9.17) is 10.00 Å². The van der Waals surface area contributed by atoms with Gasteiger partial charge in [-0.3, -0.25) is 0 Å². The van der Waals surface area contributed by atoms with E-state index in [0.29, 0.717) is 6.61 Å². The summed E-state index contributed by atoms with van der Waals surface area (Å²) in [5.41, 5.74) is -0.252. The number of ether oxygens (including phenoxy) is 1. The third kappa shape index (κ3) is 7.76. The first kappa shape index (κ1) is 12.4. The van der Waals surface area contributed by atoms with Gasteiger partial charge in [-0.15, -0.1) is 0 Å². The summed E-state index contributed by atoms with van der Waals surface area (Å²) >= 11 is 0. The maximum atomic E-state index is 8.72. The number of hydrogen-bond donors (Lipinski definition) is 1. The summed E-state index contributed by atoms with van der Waals surface area (Å²) in [7, 11) is 0. The summed E-state index contributed by atoms with van der Waals surface area (Å²) in [6.07, 6.45) is 0.801. The lowest BCUT2D eigenvalue weighted by molar-refractivity contribution is 0.117. The van der Waals surface area contributed by atoms with E-state index < -0.39 is 0 Å². The van der Waals surface area contributed by atoms with Crippen molar-refractivity contribution in [3.05, 3.63) is 0 Å². The normalized spacial score (nSPS) is 11.2. The molecule has 0 fully saturated rings. The number of nitrogens with one attached hydrogen (secondary N) is 1. The average Bonchev–Trinajstić information content (AvgIpc) is 2.11. The maximum Gasteiger partial charge on any atom is 0.0684 e. The van der Waals surface area contributed by atoms with Crippen LogP contribution in [0.5, 0.6) is 0 Å². The zero-order valence-electron chi connectivity index (χ0n) is 8.89. The Morgan fingerprint density at radius 3 is 2.62 bits per heavy atom. The molecule has 0 atom stereocenters. The van der Waals surface area contributed by atoms with Crippen LogP contribution < -0.4 is 5.32 Å². The van der Waals surface area contributed by atoms with E-state index >= 15 is 0 Å². The largest absolute Gasteiger partial charge is 0.380 e. The maximum absolute atomic E-state index is 8.72. The lowest BCUT2D eigenvalue weighted by Crippen LogP contribution is -2.20. The van der Waals surface area contributed by atoms with Gasteiger partial charge in [0.2, 0.25) is 0 Å². The van der Waals surface area contributed by atoms with E-state index in [2.05, 4.69) is 18.3 Å². The zero-order chi connectivity index (χ0) is 10.2. The van der Waals surface area contributed by atoms with Gasteiger partial charge < -0.3 is 10.1 Å². The van der Waals surface area contributed by atoms with Crippen LogP contribution in [-0.2, 0) is 4.74 Å². The van der Waals surface area contributed by atoms with Crippen LogP contribution in [0.1, 0.15) is 27.2 Å². The number of hydrogen-bond acceptors (Lipinski definition) is 3. The van der Waals surface area contributed by atoms with Gasteiger partial charge in [0, 0.05) is 13.2 Å². The van der Waals surface area contributed by atoms with Gasteiger partial charge in [-0.2, -0.15) is 5.26 Å². The van der Waals surface area contributed by atoms with Gasteiger partial charge in [0.15, 0.2) is 0 Å². The van der Waals surface area contributed by atoms with Gasteiger partial charge in [-0.1, -0.05) is 6.92 Å². The molecular formula is C10H20N2O. The summed E-state index contributed by atoms with van der Waals surface area (Å²) in [5.74, 6) is 0. The van der Waals surface area contributed by atoms with Crippen molar-refractivity contribution in [3.8, 4) is 6.07 Å². The Labute approximate surface area is 81.1 Å². The Hall–Kier alpha value is -0.590. The lowest BCUT2D eigenvalue weighted by Gasteiger charge is -2.14. The van der Waals surface area contributed by atoms with Gasteiger partial charge in [0.1, 0.15) is 0 Å². The van der Waals surface area contributed by atoms with E-state index in [-0.39, 0.29) is 5.41 Å². The highest BCUT2D eigenvalue weighted by Gasteiger charge is 2.15. The fourth-order valence-corrected chi connectivity index (χ4v) is 0.806. The highest BCUT2D eigenvalue weighted by atomic mass is 16.5. The van der Waals surface area contributed by atoms with Gasteiger partial charge in [0.25, 0.3) is 0 Å². The monoisotopic (exact) mass is 184 g/mol. The SMILES string of the molecule is CCNCCOCCC(C)(C)C#N. The van der Waals surface area contributed by atoms with Crippen LogP contribution in [0.3, 0.4) is 0 Å². The van der Waals surface area contributed by atoms with Gasteiger partial charge in [0.05, 0.1) is 18.1 Å². The van der Waals surface area contributed by atoms with Gasteiger partial charge in [-0.25, -0.2) is 0 Å². The molecule has 1 N–H and O–H groups in total. The molecule has 3 nitrogen and oxygen atoms in total. The molecule has 3 heteroatoms. The first-order valence-corrected chi connectivity index (χ1v) is 4.82. The quantitative estimate of drug-likeness (QED) is 0.611. The Bertz CT molecular complexity index is 161. The molecule has 0 saturated heterocycles.